The lowest BCUT2D eigenvalue weighted by Crippen LogP contribution is -2.52. The van der Waals surface area contributed by atoms with Crippen LogP contribution in [-0.2, 0) is 17.6 Å². The fourth-order valence-electron chi connectivity index (χ4n) is 6.44. The molecule has 1 aromatic heterocycles. The zero-order chi connectivity index (χ0) is 30.1. The average Bonchev–Trinajstić information content (AvgIpc) is 3.68. The summed E-state index contributed by atoms with van der Waals surface area (Å²) in [5.41, 5.74) is 0.697. The van der Waals surface area contributed by atoms with Gasteiger partial charge >= 0.3 is 6.18 Å². The number of aromatic nitrogens is 2. The van der Waals surface area contributed by atoms with Crippen molar-refractivity contribution >= 4 is 11.5 Å². The molecule has 1 aliphatic carbocycles. The quantitative estimate of drug-likeness (QED) is 0.477. The van der Waals surface area contributed by atoms with Gasteiger partial charge in [0, 0.05) is 75.7 Å². The second-order valence-corrected chi connectivity index (χ2v) is 11.8. The molecule has 1 amide bonds. The van der Waals surface area contributed by atoms with Crippen LogP contribution in [-0.4, -0.2) is 116 Å². The topological polar surface area (TPSA) is 80.3 Å². The number of benzene rings is 1. The highest BCUT2D eigenvalue weighted by Crippen LogP contribution is 2.43. The maximum atomic E-state index is 13.8. The Balaban J connectivity index is 1.16. The number of likely N-dealkylation sites (N-methyl/N-ethyl adjacent to an activating group) is 1. The molecule has 12 heteroatoms. The molecule has 43 heavy (non-hydrogen) atoms. The summed E-state index contributed by atoms with van der Waals surface area (Å²) in [6.45, 7) is 6.53. The molecule has 1 aromatic carbocycles. The summed E-state index contributed by atoms with van der Waals surface area (Å²) in [6, 6.07) is 5.83. The van der Waals surface area contributed by atoms with Crippen LogP contribution in [0.5, 0.6) is 11.6 Å². The van der Waals surface area contributed by atoms with Gasteiger partial charge in [-0.3, -0.25) is 9.69 Å². The van der Waals surface area contributed by atoms with Crippen LogP contribution in [0.1, 0.15) is 52.3 Å². The number of methoxy groups -OCH3 is 1. The summed E-state index contributed by atoms with van der Waals surface area (Å²) in [7, 11) is 3.69. The molecule has 6 rings (SSSR count). The number of nitrogens with zero attached hydrogens (tertiary/aromatic N) is 5. The number of piperazine rings is 1. The third-order valence-electron chi connectivity index (χ3n) is 8.93. The minimum atomic E-state index is -4.54. The normalized spacial score (nSPS) is 22.0. The zero-order valence-electron chi connectivity index (χ0n) is 24.7. The number of carbonyl (C=O) groups excluding carboxylic acids is 1. The van der Waals surface area contributed by atoms with E-state index in [2.05, 4.69) is 26.8 Å². The Kier molecular flexibility index (Phi) is 8.61. The summed E-state index contributed by atoms with van der Waals surface area (Å²) in [4.78, 5) is 29.2. The van der Waals surface area contributed by atoms with Crippen molar-refractivity contribution < 1.29 is 32.2 Å². The predicted molar refractivity (Wildman–Crippen MR) is 153 cm³/mol. The number of allylic oxidation sites excluding steroid dienone is 2. The number of carbonyl (C=O) groups is 1. The molecule has 9 nitrogen and oxygen atoms in total. The summed E-state index contributed by atoms with van der Waals surface area (Å²) >= 11 is 0. The summed E-state index contributed by atoms with van der Waals surface area (Å²) in [5.74, 6) is 0.730. The van der Waals surface area contributed by atoms with Gasteiger partial charge in [0.25, 0.3) is 5.91 Å². The lowest BCUT2D eigenvalue weighted by Gasteiger charge is -2.42. The molecule has 0 spiro atoms. The fraction of sp³-hybridized carbons (Fsp3) is 0.581. The second kappa shape index (κ2) is 12.4. The van der Waals surface area contributed by atoms with Crippen LogP contribution >= 0.6 is 0 Å². The van der Waals surface area contributed by atoms with Crippen molar-refractivity contribution in [3.05, 3.63) is 52.5 Å². The minimum absolute atomic E-state index is 0.0318. The van der Waals surface area contributed by atoms with Crippen molar-refractivity contribution in [3.63, 3.8) is 0 Å². The molecule has 1 unspecified atom stereocenters. The van der Waals surface area contributed by atoms with E-state index in [4.69, 9.17) is 14.2 Å². The number of ether oxygens (including phenoxy) is 3. The van der Waals surface area contributed by atoms with Gasteiger partial charge in [-0.15, -0.1) is 0 Å². The predicted octanol–water partition coefficient (Wildman–Crippen LogP) is 3.60. The Hall–Kier alpha value is -3.22. The van der Waals surface area contributed by atoms with Crippen LogP contribution in [0.2, 0.25) is 0 Å². The van der Waals surface area contributed by atoms with E-state index in [0.717, 1.165) is 50.7 Å². The van der Waals surface area contributed by atoms with E-state index in [1.54, 1.807) is 12.1 Å². The molecule has 4 aliphatic rings. The molecule has 1 atom stereocenters. The highest BCUT2D eigenvalue weighted by Gasteiger charge is 2.41. The lowest BCUT2D eigenvalue weighted by molar-refractivity contribution is -0.0690. The summed E-state index contributed by atoms with van der Waals surface area (Å²) < 4.78 is 58.3. The van der Waals surface area contributed by atoms with E-state index in [9.17, 15) is 18.0 Å². The number of fused-ring (bicyclic) bond motifs is 1. The number of alkyl halides is 3. The van der Waals surface area contributed by atoms with Crippen molar-refractivity contribution in [2.75, 3.05) is 66.6 Å². The standard InChI is InChI=1S/C31H38F3N5O4/c1-37-12-14-38(15-13-37)22-7-10-39(11-8-22)30(40)21-4-3-20(26(17-21)41-2)18-27-35-25-6-5-24(31(32,33)34)28(25)29(36-27)43-23-9-16-42-19-23/h3-5,17,22-23H,6-16,18-19H2,1-2H3. The monoisotopic (exact) mass is 601 g/mol. The van der Waals surface area contributed by atoms with Gasteiger partial charge in [-0.1, -0.05) is 12.1 Å². The number of rotatable bonds is 7. The summed E-state index contributed by atoms with van der Waals surface area (Å²) in [5, 5.41) is 0. The van der Waals surface area contributed by atoms with Crippen LogP contribution < -0.4 is 9.47 Å². The van der Waals surface area contributed by atoms with E-state index < -0.39 is 11.7 Å². The Bertz CT molecular complexity index is 1360. The van der Waals surface area contributed by atoms with E-state index in [1.165, 1.54) is 7.11 Å². The molecule has 232 valence electrons. The third kappa shape index (κ3) is 6.51. The minimum Gasteiger partial charge on any atom is -0.496 e. The zero-order valence-corrected chi connectivity index (χ0v) is 24.7. The van der Waals surface area contributed by atoms with Gasteiger partial charge in [0.1, 0.15) is 17.7 Å². The van der Waals surface area contributed by atoms with Gasteiger partial charge in [-0.25, -0.2) is 4.98 Å². The average molecular weight is 602 g/mol. The molecule has 0 bridgehead atoms. The fourth-order valence-corrected chi connectivity index (χ4v) is 6.44. The number of hydrogen-bond donors (Lipinski definition) is 0. The Morgan fingerprint density at radius 3 is 2.51 bits per heavy atom. The maximum absolute atomic E-state index is 13.8. The van der Waals surface area contributed by atoms with Crippen molar-refractivity contribution in [2.45, 2.75) is 50.4 Å². The third-order valence-corrected chi connectivity index (χ3v) is 8.93. The van der Waals surface area contributed by atoms with Crippen LogP contribution in [0, 0.1) is 0 Å². The van der Waals surface area contributed by atoms with Crippen molar-refractivity contribution in [3.8, 4) is 11.6 Å². The SMILES string of the molecule is COc1cc(C(=O)N2CCC(N3CCN(C)CC3)CC2)ccc1Cc1nc2c(c(OC3CCOC3)n1)C(C(F)(F)F)=CC2. The smallest absolute Gasteiger partial charge is 0.416 e. The van der Waals surface area contributed by atoms with Crippen LogP contribution in [0.3, 0.4) is 0 Å². The van der Waals surface area contributed by atoms with Crippen molar-refractivity contribution in [1.29, 1.82) is 0 Å². The van der Waals surface area contributed by atoms with E-state index in [-0.39, 0.29) is 42.0 Å². The van der Waals surface area contributed by atoms with Crippen LogP contribution in [0.15, 0.2) is 24.3 Å². The number of amides is 1. The van der Waals surface area contributed by atoms with E-state index in [0.29, 0.717) is 55.9 Å². The molecule has 0 N–H and O–H groups in total. The molecule has 0 saturated carbocycles. The Labute approximate surface area is 249 Å². The first-order valence-corrected chi connectivity index (χ1v) is 15.0. The highest BCUT2D eigenvalue weighted by atomic mass is 19.4. The van der Waals surface area contributed by atoms with Crippen LogP contribution in [0.25, 0.3) is 5.57 Å². The number of halogens is 3. The molecule has 2 aromatic rings. The first kappa shape index (κ1) is 29.8. The van der Waals surface area contributed by atoms with Gasteiger partial charge in [0.15, 0.2) is 0 Å². The summed E-state index contributed by atoms with van der Waals surface area (Å²) in [6.07, 6.45) is -1.01. The Morgan fingerprint density at radius 1 is 1.07 bits per heavy atom. The maximum Gasteiger partial charge on any atom is 0.416 e. The van der Waals surface area contributed by atoms with Gasteiger partial charge < -0.3 is 24.0 Å². The number of hydrogen-bond acceptors (Lipinski definition) is 8. The van der Waals surface area contributed by atoms with Crippen LogP contribution in [0.4, 0.5) is 13.2 Å². The van der Waals surface area contributed by atoms with E-state index in [1.807, 2.05) is 11.0 Å². The number of piperidine rings is 1. The molecule has 4 heterocycles. The lowest BCUT2D eigenvalue weighted by atomic mass is 10.0. The van der Waals surface area contributed by atoms with E-state index >= 15 is 0 Å². The molecule has 3 aliphatic heterocycles. The van der Waals surface area contributed by atoms with Gasteiger partial charge in [-0.05, 0) is 32.0 Å². The number of likely N-dealkylation sites (tertiary alicyclic amines) is 1. The molecule has 3 fully saturated rings. The second-order valence-electron chi connectivity index (χ2n) is 11.8. The molecular weight excluding hydrogens is 563 g/mol. The first-order chi connectivity index (χ1) is 20.7. The van der Waals surface area contributed by atoms with Crippen molar-refractivity contribution in [1.82, 2.24) is 24.7 Å². The van der Waals surface area contributed by atoms with Gasteiger partial charge in [0.05, 0.1) is 37.2 Å². The van der Waals surface area contributed by atoms with Gasteiger partial charge in [-0.2, -0.15) is 18.2 Å². The Morgan fingerprint density at radius 2 is 1.84 bits per heavy atom. The molecular formula is C31H38F3N5O4. The highest BCUT2D eigenvalue weighted by molar-refractivity contribution is 5.94. The first-order valence-electron chi connectivity index (χ1n) is 15.0. The molecule has 3 saturated heterocycles. The van der Waals surface area contributed by atoms with Crippen molar-refractivity contribution in [2.24, 2.45) is 0 Å². The van der Waals surface area contributed by atoms with Gasteiger partial charge in [0.2, 0.25) is 5.88 Å². The largest absolute Gasteiger partial charge is 0.496 e. The molecule has 0 radical (unpaired) electrons.